The van der Waals surface area contributed by atoms with Crippen LogP contribution in [-0.4, -0.2) is 43.6 Å². The lowest BCUT2D eigenvalue weighted by Crippen LogP contribution is -2.51. The fraction of sp³-hybridized carbons (Fsp3) is 0.250. The van der Waals surface area contributed by atoms with E-state index in [0.29, 0.717) is 11.5 Å². The maximum atomic E-state index is 12.5. The number of benzene rings is 1. The first-order chi connectivity index (χ1) is 11.2. The Bertz CT molecular complexity index is 872. The van der Waals surface area contributed by atoms with E-state index in [0.717, 1.165) is 35.1 Å². The predicted octanol–water partition coefficient (Wildman–Crippen LogP) is 2.36. The molecule has 1 saturated heterocycles. The summed E-state index contributed by atoms with van der Waals surface area (Å²) in [5.74, 6) is 0.501. The van der Waals surface area contributed by atoms with E-state index in [1.165, 1.54) is 0 Å². The topological polar surface area (TPSA) is 63.9 Å². The van der Waals surface area contributed by atoms with Crippen LogP contribution >= 0.6 is 15.9 Å². The second-order valence-corrected chi connectivity index (χ2v) is 6.63. The monoisotopic (exact) mass is 371 g/mol. The Labute approximate surface area is 141 Å². The Balaban J connectivity index is 1.42. The van der Waals surface area contributed by atoms with Crippen LogP contribution in [0.4, 0.5) is 0 Å². The molecule has 6 nitrogen and oxygen atoms in total. The zero-order chi connectivity index (χ0) is 15.8. The first-order valence-corrected chi connectivity index (χ1v) is 8.16. The lowest BCUT2D eigenvalue weighted by atomic mass is 9.98. The van der Waals surface area contributed by atoms with E-state index in [2.05, 4.69) is 31.0 Å². The fourth-order valence-electron chi connectivity index (χ4n) is 2.83. The molecule has 1 aliphatic heterocycles. The third-order valence-corrected chi connectivity index (χ3v) is 4.42. The van der Waals surface area contributed by atoms with Gasteiger partial charge in [0.05, 0.1) is 21.7 Å². The van der Waals surface area contributed by atoms with Gasteiger partial charge in [-0.15, -0.1) is 0 Å². The summed E-state index contributed by atoms with van der Waals surface area (Å²) in [6.07, 6.45) is 7.01. The molecule has 1 aliphatic rings. The summed E-state index contributed by atoms with van der Waals surface area (Å²) in [6, 6.07) is 5.47. The zero-order valence-corrected chi connectivity index (χ0v) is 13.8. The molecule has 116 valence electrons. The third-order valence-electron chi connectivity index (χ3n) is 4.01. The van der Waals surface area contributed by atoms with Crippen LogP contribution in [0.1, 0.15) is 10.4 Å². The van der Waals surface area contributed by atoms with Gasteiger partial charge in [0, 0.05) is 49.7 Å². The molecule has 2 aromatic heterocycles. The lowest BCUT2D eigenvalue weighted by molar-refractivity contribution is 0.0461. The van der Waals surface area contributed by atoms with Gasteiger partial charge in [0.2, 0.25) is 0 Å². The number of amides is 1. The van der Waals surface area contributed by atoms with E-state index < -0.39 is 0 Å². The quantitative estimate of drug-likeness (QED) is 0.708. The van der Waals surface area contributed by atoms with E-state index in [1.54, 1.807) is 18.6 Å². The SMILES string of the molecule is O=C(c1ccc2nccnc2c1)N1CC(Cn2cc(Br)cn2)C1. The molecule has 0 atom stereocenters. The molecule has 1 amide bonds. The first-order valence-electron chi connectivity index (χ1n) is 7.37. The molecule has 23 heavy (non-hydrogen) atoms. The van der Waals surface area contributed by atoms with Crippen molar-refractivity contribution in [1.29, 1.82) is 0 Å². The Morgan fingerprint density at radius 1 is 1.22 bits per heavy atom. The fourth-order valence-corrected chi connectivity index (χ4v) is 3.16. The van der Waals surface area contributed by atoms with Crippen LogP contribution < -0.4 is 0 Å². The van der Waals surface area contributed by atoms with Crippen LogP contribution in [0.2, 0.25) is 0 Å². The Morgan fingerprint density at radius 2 is 2.00 bits per heavy atom. The molecular formula is C16H14BrN5O. The maximum absolute atomic E-state index is 12.5. The van der Waals surface area contributed by atoms with Crippen molar-refractivity contribution in [3.8, 4) is 0 Å². The Hall–Kier alpha value is -2.28. The maximum Gasteiger partial charge on any atom is 0.253 e. The molecule has 3 heterocycles. The summed E-state index contributed by atoms with van der Waals surface area (Å²) < 4.78 is 2.88. The van der Waals surface area contributed by atoms with Crippen molar-refractivity contribution in [1.82, 2.24) is 24.6 Å². The molecular weight excluding hydrogens is 358 g/mol. The third kappa shape index (κ3) is 2.84. The second-order valence-electron chi connectivity index (χ2n) is 5.72. The summed E-state index contributed by atoms with van der Waals surface area (Å²) in [5, 5.41) is 4.25. The summed E-state index contributed by atoms with van der Waals surface area (Å²) in [6.45, 7) is 2.35. The molecule has 0 spiro atoms. The number of hydrogen-bond acceptors (Lipinski definition) is 4. The van der Waals surface area contributed by atoms with Crippen LogP contribution in [-0.2, 0) is 6.54 Å². The normalized spacial score (nSPS) is 14.9. The molecule has 0 N–H and O–H groups in total. The molecule has 0 bridgehead atoms. The second kappa shape index (κ2) is 5.73. The van der Waals surface area contributed by atoms with Crippen molar-refractivity contribution < 1.29 is 4.79 Å². The van der Waals surface area contributed by atoms with Crippen LogP contribution in [0.3, 0.4) is 0 Å². The van der Waals surface area contributed by atoms with Gasteiger partial charge in [-0.3, -0.25) is 19.4 Å². The van der Waals surface area contributed by atoms with Gasteiger partial charge in [-0.1, -0.05) is 0 Å². The average molecular weight is 372 g/mol. The van der Waals surface area contributed by atoms with Gasteiger partial charge in [-0.2, -0.15) is 5.10 Å². The number of nitrogens with zero attached hydrogens (tertiary/aromatic N) is 5. The van der Waals surface area contributed by atoms with E-state index >= 15 is 0 Å². The highest BCUT2D eigenvalue weighted by Crippen LogP contribution is 2.22. The average Bonchev–Trinajstić information content (AvgIpc) is 2.94. The van der Waals surface area contributed by atoms with Gasteiger partial charge in [0.1, 0.15) is 0 Å². The Kier molecular flexibility index (Phi) is 3.57. The number of carbonyl (C=O) groups is 1. The Morgan fingerprint density at radius 3 is 2.74 bits per heavy atom. The number of likely N-dealkylation sites (tertiary alicyclic amines) is 1. The van der Waals surface area contributed by atoms with Crippen LogP contribution in [0, 0.1) is 5.92 Å². The molecule has 1 fully saturated rings. The number of hydrogen-bond donors (Lipinski definition) is 0. The van der Waals surface area contributed by atoms with Gasteiger partial charge in [-0.25, -0.2) is 0 Å². The van der Waals surface area contributed by atoms with Gasteiger partial charge < -0.3 is 4.90 Å². The smallest absolute Gasteiger partial charge is 0.253 e. The minimum Gasteiger partial charge on any atom is -0.338 e. The van der Waals surface area contributed by atoms with Gasteiger partial charge in [-0.05, 0) is 34.1 Å². The number of rotatable bonds is 3. The molecule has 7 heteroatoms. The largest absolute Gasteiger partial charge is 0.338 e. The minimum atomic E-state index is 0.0513. The highest BCUT2D eigenvalue weighted by atomic mass is 79.9. The molecule has 1 aromatic carbocycles. The van der Waals surface area contributed by atoms with Crippen molar-refractivity contribution in [3.05, 3.63) is 53.0 Å². The van der Waals surface area contributed by atoms with Crippen molar-refractivity contribution in [2.24, 2.45) is 5.92 Å². The molecule has 0 unspecified atom stereocenters. The van der Waals surface area contributed by atoms with E-state index in [-0.39, 0.29) is 5.91 Å². The summed E-state index contributed by atoms with van der Waals surface area (Å²) in [7, 11) is 0. The molecule has 0 radical (unpaired) electrons. The van der Waals surface area contributed by atoms with Crippen molar-refractivity contribution in [2.45, 2.75) is 6.54 Å². The zero-order valence-electron chi connectivity index (χ0n) is 12.3. The molecule has 0 saturated carbocycles. The van der Waals surface area contributed by atoms with E-state index in [1.807, 2.05) is 34.0 Å². The van der Waals surface area contributed by atoms with Crippen LogP contribution in [0.5, 0.6) is 0 Å². The number of carbonyl (C=O) groups excluding carboxylic acids is 1. The lowest BCUT2D eigenvalue weighted by Gasteiger charge is -2.39. The number of halogens is 1. The molecule has 3 aromatic rings. The van der Waals surface area contributed by atoms with Crippen molar-refractivity contribution in [3.63, 3.8) is 0 Å². The number of aromatic nitrogens is 4. The number of fused-ring (bicyclic) bond motifs is 1. The van der Waals surface area contributed by atoms with Crippen molar-refractivity contribution in [2.75, 3.05) is 13.1 Å². The molecule has 4 rings (SSSR count). The van der Waals surface area contributed by atoms with E-state index in [4.69, 9.17) is 0 Å². The minimum absolute atomic E-state index is 0.0513. The van der Waals surface area contributed by atoms with Crippen LogP contribution in [0.25, 0.3) is 11.0 Å². The highest BCUT2D eigenvalue weighted by molar-refractivity contribution is 9.10. The predicted molar refractivity (Wildman–Crippen MR) is 88.9 cm³/mol. The first kappa shape index (κ1) is 14.3. The standard InChI is InChI=1S/C16H14BrN5O/c17-13-6-20-22(10-13)9-11-7-21(8-11)16(23)12-1-2-14-15(5-12)19-4-3-18-14/h1-6,10-11H,7-9H2. The highest BCUT2D eigenvalue weighted by Gasteiger charge is 2.31. The molecule has 0 aliphatic carbocycles. The summed E-state index contributed by atoms with van der Waals surface area (Å²) in [5.41, 5.74) is 2.21. The van der Waals surface area contributed by atoms with Crippen LogP contribution in [0.15, 0.2) is 47.5 Å². The van der Waals surface area contributed by atoms with Gasteiger partial charge in [0.25, 0.3) is 5.91 Å². The van der Waals surface area contributed by atoms with Gasteiger partial charge >= 0.3 is 0 Å². The summed E-state index contributed by atoms with van der Waals surface area (Å²) >= 11 is 3.39. The van der Waals surface area contributed by atoms with Gasteiger partial charge in [0.15, 0.2) is 0 Å². The summed E-state index contributed by atoms with van der Waals surface area (Å²) in [4.78, 5) is 22.9. The van der Waals surface area contributed by atoms with E-state index in [9.17, 15) is 4.79 Å². The van der Waals surface area contributed by atoms with Crippen molar-refractivity contribution >= 4 is 32.9 Å².